The van der Waals surface area contributed by atoms with Gasteiger partial charge in [-0.15, -0.1) is 11.3 Å². The van der Waals surface area contributed by atoms with Crippen LogP contribution in [0, 0.1) is 0 Å². The van der Waals surface area contributed by atoms with Gasteiger partial charge in [0.1, 0.15) is 0 Å². The van der Waals surface area contributed by atoms with Crippen molar-refractivity contribution in [3.8, 4) is 0 Å². The van der Waals surface area contributed by atoms with Gasteiger partial charge in [0, 0.05) is 31.1 Å². The summed E-state index contributed by atoms with van der Waals surface area (Å²) in [5, 5.41) is 6.62. The van der Waals surface area contributed by atoms with Gasteiger partial charge >= 0.3 is 0 Å². The summed E-state index contributed by atoms with van der Waals surface area (Å²) in [6, 6.07) is 0.755. The van der Waals surface area contributed by atoms with E-state index < -0.39 is 0 Å². The van der Waals surface area contributed by atoms with E-state index in [9.17, 15) is 0 Å². The van der Waals surface area contributed by atoms with E-state index in [-0.39, 0.29) is 0 Å². The highest BCUT2D eigenvalue weighted by Crippen LogP contribution is 2.25. The van der Waals surface area contributed by atoms with Crippen LogP contribution in [0.2, 0.25) is 0 Å². The number of rotatable bonds is 8. The van der Waals surface area contributed by atoms with E-state index in [0.717, 1.165) is 30.5 Å². The number of ether oxygens (including phenoxy) is 1. The average molecular weight is 271 g/mol. The molecule has 0 radical (unpaired) electrons. The van der Waals surface area contributed by atoms with Crippen molar-refractivity contribution in [1.29, 1.82) is 0 Å². The molecule has 1 unspecified atom stereocenters. The molecule has 18 heavy (non-hydrogen) atoms. The molecule has 5 heteroatoms. The second-order valence-corrected chi connectivity index (χ2v) is 5.45. The molecule has 1 atom stereocenters. The summed E-state index contributed by atoms with van der Waals surface area (Å²) in [6.45, 7) is 11.2. The molecule has 0 aliphatic heterocycles. The van der Waals surface area contributed by atoms with Crippen LogP contribution in [0.15, 0.2) is 5.38 Å². The fraction of sp³-hybridized carbons (Fsp3) is 0.769. The summed E-state index contributed by atoms with van der Waals surface area (Å²) >= 11 is 1.71. The molecule has 0 amide bonds. The Morgan fingerprint density at radius 3 is 2.72 bits per heavy atom. The maximum absolute atomic E-state index is 5.16. The number of aromatic nitrogens is 1. The Morgan fingerprint density at radius 2 is 2.17 bits per heavy atom. The van der Waals surface area contributed by atoms with Crippen LogP contribution in [-0.2, 0) is 4.74 Å². The molecule has 0 bridgehead atoms. The maximum Gasteiger partial charge on any atom is 0.185 e. The lowest BCUT2D eigenvalue weighted by molar-refractivity contribution is 0.204. The van der Waals surface area contributed by atoms with Gasteiger partial charge in [-0.1, -0.05) is 6.92 Å². The van der Waals surface area contributed by atoms with Gasteiger partial charge in [-0.2, -0.15) is 0 Å². The first-order valence-electron chi connectivity index (χ1n) is 6.54. The zero-order chi connectivity index (χ0) is 13.5. The van der Waals surface area contributed by atoms with E-state index in [0.29, 0.717) is 12.1 Å². The molecule has 0 saturated carbocycles. The molecule has 1 heterocycles. The standard InChI is InChI=1S/C13H25N3OS/c1-6-14-11(4)12-9-18-13(15-12)16(10(2)3)7-8-17-5/h9-11,14H,6-8H2,1-5H3. The number of thiazole rings is 1. The van der Waals surface area contributed by atoms with Gasteiger partial charge in [-0.3, -0.25) is 0 Å². The first kappa shape index (κ1) is 15.4. The third kappa shape index (κ3) is 4.23. The quantitative estimate of drug-likeness (QED) is 0.789. The third-order valence-electron chi connectivity index (χ3n) is 2.87. The lowest BCUT2D eigenvalue weighted by Crippen LogP contribution is -2.33. The fourth-order valence-electron chi connectivity index (χ4n) is 1.78. The summed E-state index contributed by atoms with van der Waals surface area (Å²) in [7, 11) is 1.74. The van der Waals surface area contributed by atoms with Crippen LogP contribution in [0.3, 0.4) is 0 Å². The molecular weight excluding hydrogens is 246 g/mol. The third-order valence-corrected chi connectivity index (χ3v) is 3.77. The van der Waals surface area contributed by atoms with Crippen LogP contribution in [-0.4, -0.2) is 37.8 Å². The highest BCUT2D eigenvalue weighted by Gasteiger charge is 2.16. The van der Waals surface area contributed by atoms with Crippen molar-refractivity contribution in [3.63, 3.8) is 0 Å². The minimum atomic E-state index is 0.316. The zero-order valence-corrected chi connectivity index (χ0v) is 12.9. The summed E-state index contributed by atoms with van der Waals surface area (Å²) < 4.78 is 5.16. The number of nitrogens with one attached hydrogen (secondary N) is 1. The predicted octanol–water partition coefficient (Wildman–Crippen LogP) is 2.67. The molecule has 4 nitrogen and oxygen atoms in total. The van der Waals surface area contributed by atoms with Gasteiger partial charge in [0.2, 0.25) is 0 Å². The van der Waals surface area contributed by atoms with Crippen molar-refractivity contribution in [2.24, 2.45) is 0 Å². The minimum Gasteiger partial charge on any atom is -0.383 e. The van der Waals surface area contributed by atoms with E-state index in [1.807, 2.05) is 0 Å². The topological polar surface area (TPSA) is 37.4 Å². The van der Waals surface area contributed by atoms with Gasteiger partial charge in [-0.05, 0) is 27.3 Å². The van der Waals surface area contributed by atoms with Crippen LogP contribution in [0.1, 0.15) is 39.4 Å². The Kier molecular flexibility index (Phi) is 6.60. The first-order valence-corrected chi connectivity index (χ1v) is 7.42. The summed E-state index contributed by atoms with van der Waals surface area (Å²) in [4.78, 5) is 7.02. The molecule has 1 aromatic heterocycles. The molecule has 104 valence electrons. The lowest BCUT2D eigenvalue weighted by atomic mass is 10.2. The Balaban J connectivity index is 2.74. The van der Waals surface area contributed by atoms with Gasteiger partial charge in [0.15, 0.2) is 5.13 Å². The van der Waals surface area contributed by atoms with Gasteiger partial charge in [0.25, 0.3) is 0 Å². The van der Waals surface area contributed by atoms with Crippen LogP contribution in [0.5, 0.6) is 0 Å². The largest absolute Gasteiger partial charge is 0.383 e. The Labute approximate surface area is 114 Å². The Morgan fingerprint density at radius 1 is 1.44 bits per heavy atom. The number of hydrogen-bond acceptors (Lipinski definition) is 5. The number of hydrogen-bond donors (Lipinski definition) is 1. The Hall–Kier alpha value is -0.650. The van der Waals surface area contributed by atoms with E-state index >= 15 is 0 Å². The molecule has 1 N–H and O–H groups in total. The predicted molar refractivity (Wildman–Crippen MR) is 78.6 cm³/mol. The Bertz CT molecular complexity index is 341. The molecule has 0 aromatic carbocycles. The smallest absolute Gasteiger partial charge is 0.185 e. The van der Waals surface area contributed by atoms with E-state index in [1.54, 1.807) is 18.4 Å². The van der Waals surface area contributed by atoms with Crippen molar-refractivity contribution >= 4 is 16.5 Å². The van der Waals surface area contributed by atoms with Gasteiger partial charge < -0.3 is 15.0 Å². The van der Waals surface area contributed by atoms with Gasteiger partial charge in [0.05, 0.1) is 12.3 Å². The molecule has 0 aliphatic rings. The number of anilines is 1. The van der Waals surface area contributed by atoms with Crippen molar-refractivity contribution in [2.75, 3.05) is 31.7 Å². The van der Waals surface area contributed by atoms with Gasteiger partial charge in [-0.25, -0.2) is 4.98 Å². The fourth-order valence-corrected chi connectivity index (χ4v) is 2.86. The maximum atomic E-state index is 5.16. The normalized spacial score (nSPS) is 13.0. The second-order valence-electron chi connectivity index (χ2n) is 4.61. The zero-order valence-electron chi connectivity index (χ0n) is 12.1. The SMILES string of the molecule is CCNC(C)c1csc(N(CCOC)C(C)C)n1. The number of methoxy groups -OCH3 is 1. The average Bonchev–Trinajstić information content (AvgIpc) is 2.79. The summed E-state index contributed by atoms with van der Waals surface area (Å²) in [5.74, 6) is 0. The molecule has 0 saturated heterocycles. The van der Waals surface area contributed by atoms with Crippen LogP contribution < -0.4 is 10.2 Å². The van der Waals surface area contributed by atoms with E-state index in [4.69, 9.17) is 9.72 Å². The number of nitrogens with zero attached hydrogens (tertiary/aromatic N) is 2. The van der Waals surface area contributed by atoms with Crippen molar-refractivity contribution in [3.05, 3.63) is 11.1 Å². The molecule has 0 spiro atoms. The van der Waals surface area contributed by atoms with E-state index in [2.05, 4.69) is 43.3 Å². The lowest BCUT2D eigenvalue weighted by Gasteiger charge is -2.25. The summed E-state index contributed by atoms with van der Waals surface area (Å²) in [5.41, 5.74) is 1.12. The highest BCUT2D eigenvalue weighted by atomic mass is 32.1. The molecule has 0 fully saturated rings. The minimum absolute atomic E-state index is 0.316. The van der Waals surface area contributed by atoms with Crippen molar-refractivity contribution in [2.45, 2.75) is 39.8 Å². The summed E-state index contributed by atoms with van der Waals surface area (Å²) in [6.07, 6.45) is 0. The molecular formula is C13H25N3OS. The van der Waals surface area contributed by atoms with E-state index in [1.165, 1.54) is 0 Å². The van der Waals surface area contributed by atoms with Crippen molar-refractivity contribution in [1.82, 2.24) is 10.3 Å². The van der Waals surface area contributed by atoms with Crippen molar-refractivity contribution < 1.29 is 4.74 Å². The molecule has 1 aromatic rings. The first-order chi connectivity index (χ1) is 8.60. The highest BCUT2D eigenvalue weighted by molar-refractivity contribution is 7.13. The molecule has 1 rings (SSSR count). The van der Waals surface area contributed by atoms with Crippen LogP contribution >= 0.6 is 11.3 Å². The monoisotopic (exact) mass is 271 g/mol. The second kappa shape index (κ2) is 7.71. The van der Waals surface area contributed by atoms with Crippen LogP contribution in [0.25, 0.3) is 0 Å². The van der Waals surface area contributed by atoms with Crippen LogP contribution in [0.4, 0.5) is 5.13 Å². The molecule has 0 aliphatic carbocycles.